The van der Waals surface area contributed by atoms with E-state index in [1.807, 2.05) is 36.5 Å². The van der Waals surface area contributed by atoms with Crippen LogP contribution in [0, 0.1) is 0 Å². The molecular weight excluding hydrogens is 352 g/mol. The molecule has 1 unspecified atom stereocenters. The molecule has 4 aromatic rings. The first-order valence-electron chi connectivity index (χ1n) is 7.75. The van der Waals surface area contributed by atoms with Crippen LogP contribution in [0.5, 0.6) is 0 Å². The highest BCUT2D eigenvalue weighted by molar-refractivity contribution is 7.84. The van der Waals surface area contributed by atoms with Crippen molar-refractivity contribution in [2.75, 3.05) is 11.6 Å². The number of benzene rings is 1. The number of fused-ring (bicyclic) bond motifs is 1. The van der Waals surface area contributed by atoms with Gasteiger partial charge in [0.1, 0.15) is 0 Å². The topological polar surface area (TPSA) is 89.5 Å². The maximum atomic E-state index is 12.0. The van der Waals surface area contributed by atoms with Gasteiger partial charge in [-0.2, -0.15) is 4.98 Å². The van der Waals surface area contributed by atoms with Crippen LogP contribution in [-0.4, -0.2) is 31.0 Å². The number of amides is 1. The molecule has 8 heteroatoms. The van der Waals surface area contributed by atoms with Gasteiger partial charge in [0, 0.05) is 33.7 Å². The first-order chi connectivity index (χ1) is 12.6. The molecule has 0 saturated heterocycles. The van der Waals surface area contributed by atoms with E-state index in [1.165, 1.54) is 6.26 Å². The Balaban J connectivity index is 1.65. The van der Waals surface area contributed by atoms with Crippen molar-refractivity contribution in [2.45, 2.75) is 4.90 Å². The molecule has 1 N–H and O–H groups in total. The fourth-order valence-electron chi connectivity index (χ4n) is 2.53. The molecule has 0 spiro atoms. The standard InChI is InChI=1S/C18H14N4O3S/c1-26(24)14-5-2-4-12(10-14)13-7-8-16-19-18(21-22(16)11-13)20-17(23)15-6-3-9-25-15/h2-11H,1H3,(H,20,21,23). The average molecular weight is 366 g/mol. The van der Waals surface area contributed by atoms with Crippen molar-refractivity contribution >= 4 is 28.3 Å². The van der Waals surface area contributed by atoms with Crippen LogP contribution in [0.3, 0.4) is 0 Å². The molecule has 1 atom stereocenters. The molecule has 3 heterocycles. The summed E-state index contributed by atoms with van der Waals surface area (Å²) in [4.78, 5) is 17.0. The van der Waals surface area contributed by atoms with E-state index in [2.05, 4.69) is 15.4 Å². The second kappa shape index (κ2) is 6.57. The van der Waals surface area contributed by atoms with E-state index in [9.17, 15) is 9.00 Å². The first-order valence-corrected chi connectivity index (χ1v) is 9.31. The van der Waals surface area contributed by atoms with E-state index in [0.29, 0.717) is 5.65 Å². The zero-order chi connectivity index (χ0) is 18.1. The van der Waals surface area contributed by atoms with Crippen molar-refractivity contribution in [1.29, 1.82) is 0 Å². The lowest BCUT2D eigenvalue weighted by molar-refractivity contribution is 0.0996. The summed E-state index contributed by atoms with van der Waals surface area (Å²) >= 11 is 0. The summed E-state index contributed by atoms with van der Waals surface area (Å²) < 4.78 is 18.3. The number of rotatable bonds is 4. The van der Waals surface area contributed by atoms with Gasteiger partial charge < -0.3 is 4.42 Å². The fraction of sp³-hybridized carbons (Fsp3) is 0.0556. The van der Waals surface area contributed by atoms with E-state index in [1.54, 1.807) is 29.0 Å². The van der Waals surface area contributed by atoms with Crippen LogP contribution in [0.1, 0.15) is 10.6 Å². The molecule has 4 rings (SSSR count). The van der Waals surface area contributed by atoms with Crippen LogP contribution in [0.2, 0.25) is 0 Å². The van der Waals surface area contributed by atoms with E-state index >= 15 is 0 Å². The number of anilines is 1. The number of pyridine rings is 1. The van der Waals surface area contributed by atoms with Gasteiger partial charge in [-0.15, -0.1) is 5.10 Å². The Kier molecular flexibility index (Phi) is 4.10. The number of carbonyl (C=O) groups excluding carboxylic acids is 1. The summed E-state index contributed by atoms with van der Waals surface area (Å²) in [5.74, 6) is -0.0369. The zero-order valence-electron chi connectivity index (χ0n) is 13.7. The number of nitrogens with zero attached hydrogens (tertiary/aromatic N) is 3. The maximum Gasteiger partial charge on any atom is 0.293 e. The lowest BCUT2D eigenvalue weighted by Crippen LogP contribution is -2.12. The van der Waals surface area contributed by atoms with Crippen molar-refractivity contribution in [3.05, 3.63) is 66.8 Å². The monoisotopic (exact) mass is 366 g/mol. The number of nitrogens with one attached hydrogen (secondary N) is 1. The highest BCUT2D eigenvalue weighted by Crippen LogP contribution is 2.22. The van der Waals surface area contributed by atoms with E-state index in [4.69, 9.17) is 4.42 Å². The van der Waals surface area contributed by atoms with Crippen molar-refractivity contribution in [2.24, 2.45) is 0 Å². The lowest BCUT2D eigenvalue weighted by atomic mass is 10.1. The average Bonchev–Trinajstić information content (AvgIpc) is 3.30. The van der Waals surface area contributed by atoms with Crippen LogP contribution in [-0.2, 0) is 10.8 Å². The van der Waals surface area contributed by atoms with E-state index in [0.717, 1.165) is 16.0 Å². The number of hydrogen-bond acceptors (Lipinski definition) is 5. The largest absolute Gasteiger partial charge is 0.459 e. The molecule has 0 fully saturated rings. The van der Waals surface area contributed by atoms with Gasteiger partial charge in [0.2, 0.25) is 5.95 Å². The van der Waals surface area contributed by atoms with Crippen LogP contribution in [0.25, 0.3) is 16.8 Å². The minimum Gasteiger partial charge on any atom is -0.459 e. The molecule has 130 valence electrons. The number of furan rings is 1. The molecule has 1 aromatic carbocycles. The summed E-state index contributed by atoms with van der Waals surface area (Å²) in [6, 6.07) is 14.4. The van der Waals surface area contributed by atoms with Crippen LogP contribution < -0.4 is 5.32 Å². The lowest BCUT2D eigenvalue weighted by Gasteiger charge is -2.04. The van der Waals surface area contributed by atoms with E-state index < -0.39 is 16.7 Å². The number of hydrogen-bond donors (Lipinski definition) is 1. The summed E-state index contributed by atoms with van der Waals surface area (Å²) in [7, 11) is -1.05. The summed E-state index contributed by atoms with van der Waals surface area (Å²) in [6.45, 7) is 0. The molecule has 26 heavy (non-hydrogen) atoms. The Labute approximate surface area is 151 Å². The quantitative estimate of drug-likeness (QED) is 0.600. The molecule has 0 aliphatic heterocycles. The highest BCUT2D eigenvalue weighted by Gasteiger charge is 2.12. The summed E-state index contributed by atoms with van der Waals surface area (Å²) in [5, 5.41) is 6.88. The SMILES string of the molecule is CS(=O)c1cccc(-c2ccc3nc(NC(=O)c4ccco4)nn3c2)c1. The Bertz CT molecular complexity index is 1120. The molecule has 3 aromatic heterocycles. The highest BCUT2D eigenvalue weighted by atomic mass is 32.2. The van der Waals surface area contributed by atoms with Crippen molar-refractivity contribution in [1.82, 2.24) is 14.6 Å². The molecule has 0 bridgehead atoms. The Hall–Kier alpha value is -3.26. The molecule has 0 saturated carbocycles. The third kappa shape index (κ3) is 3.14. The molecule has 1 amide bonds. The van der Waals surface area contributed by atoms with Gasteiger partial charge in [-0.3, -0.25) is 14.3 Å². The van der Waals surface area contributed by atoms with Gasteiger partial charge in [0.05, 0.1) is 6.26 Å². The second-order valence-electron chi connectivity index (χ2n) is 5.57. The number of carbonyl (C=O) groups is 1. The fourth-order valence-corrected chi connectivity index (χ4v) is 3.10. The van der Waals surface area contributed by atoms with Gasteiger partial charge in [0.25, 0.3) is 5.91 Å². The van der Waals surface area contributed by atoms with Crippen LogP contribution in [0.15, 0.2) is 70.3 Å². The summed E-state index contributed by atoms with van der Waals surface area (Å²) in [6.07, 6.45) is 4.88. The van der Waals surface area contributed by atoms with Gasteiger partial charge >= 0.3 is 0 Å². The minimum absolute atomic E-state index is 0.187. The minimum atomic E-state index is -1.05. The third-order valence-electron chi connectivity index (χ3n) is 3.80. The normalized spacial score (nSPS) is 12.2. The zero-order valence-corrected chi connectivity index (χ0v) is 14.6. The predicted octanol–water partition coefficient (Wildman–Crippen LogP) is 2.98. The maximum absolute atomic E-state index is 12.0. The molecule has 0 aliphatic rings. The molecular formula is C18H14N4O3S. The molecule has 0 aliphatic carbocycles. The van der Waals surface area contributed by atoms with Gasteiger partial charge in [-0.1, -0.05) is 12.1 Å². The van der Waals surface area contributed by atoms with Gasteiger partial charge in [-0.25, -0.2) is 4.52 Å². The Morgan fingerprint density at radius 1 is 1.15 bits per heavy atom. The molecule has 0 radical (unpaired) electrons. The smallest absolute Gasteiger partial charge is 0.293 e. The number of aromatic nitrogens is 3. The third-order valence-corrected chi connectivity index (χ3v) is 4.72. The van der Waals surface area contributed by atoms with E-state index in [-0.39, 0.29) is 11.7 Å². The molecule has 7 nitrogen and oxygen atoms in total. The predicted molar refractivity (Wildman–Crippen MR) is 97.4 cm³/mol. The second-order valence-corrected chi connectivity index (χ2v) is 6.95. The van der Waals surface area contributed by atoms with Crippen molar-refractivity contribution < 1.29 is 13.4 Å². The Morgan fingerprint density at radius 3 is 2.81 bits per heavy atom. The van der Waals surface area contributed by atoms with Gasteiger partial charge in [0.15, 0.2) is 11.4 Å². The Morgan fingerprint density at radius 2 is 2.04 bits per heavy atom. The van der Waals surface area contributed by atoms with Gasteiger partial charge in [-0.05, 0) is 42.0 Å². The summed E-state index contributed by atoms with van der Waals surface area (Å²) in [5.41, 5.74) is 2.42. The van der Waals surface area contributed by atoms with Crippen molar-refractivity contribution in [3.8, 4) is 11.1 Å². The first kappa shape index (κ1) is 16.2. The van der Waals surface area contributed by atoms with Crippen LogP contribution in [0.4, 0.5) is 5.95 Å². The van der Waals surface area contributed by atoms with Crippen LogP contribution >= 0.6 is 0 Å². The van der Waals surface area contributed by atoms with Crippen molar-refractivity contribution in [3.63, 3.8) is 0 Å².